The minimum Gasteiger partial charge on any atom is -0.480 e. The number of carbonyl (C=O) groups is 2. The summed E-state index contributed by atoms with van der Waals surface area (Å²) in [5, 5.41) is 9.09. The van der Waals surface area contributed by atoms with Gasteiger partial charge in [-0.1, -0.05) is 0 Å². The third kappa shape index (κ3) is 2.16. The molecule has 0 spiro atoms. The maximum Gasteiger partial charge on any atom is 0.319 e. The van der Waals surface area contributed by atoms with Crippen LogP contribution in [-0.2, 0) is 9.59 Å². The number of carboxylic acid groups (broad SMARTS) is 1. The smallest absolute Gasteiger partial charge is 0.319 e. The van der Waals surface area contributed by atoms with Crippen molar-refractivity contribution in [2.24, 2.45) is 5.41 Å². The first-order valence-corrected chi connectivity index (χ1v) is 6.24. The summed E-state index contributed by atoms with van der Waals surface area (Å²) in [4.78, 5) is 27.2. The van der Waals surface area contributed by atoms with E-state index in [0.717, 1.165) is 13.1 Å². The molecule has 0 radical (unpaired) electrons. The highest BCUT2D eigenvalue weighted by molar-refractivity contribution is 6.04. The first-order chi connectivity index (χ1) is 7.97. The minimum atomic E-state index is -1.07. The van der Waals surface area contributed by atoms with E-state index in [1.807, 2.05) is 0 Å². The molecule has 5 heteroatoms. The van der Waals surface area contributed by atoms with Crippen molar-refractivity contribution in [1.29, 1.82) is 0 Å². The predicted molar refractivity (Wildman–Crippen MR) is 62.6 cm³/mol. The molecule has 2 rings (SSSR count). The second-order valence-corrected chi connectivity index (χ2v) is 5.31. The molecule has 96 valence electrons. The minimum absolute atomic E-state index is 0.173. The summed E-state index contributed by atoms with van der Waals surface area (Å²) >= 11 is 0. The van der Waals surface area contributed by atoms with Crippen LogP contribution < -0.4 is 0 Å². The van der Waals surface area contributed by atoms with Crippen molar-refractivity contribution in [2.45, 2.75) is 32.7 Å². The fourth-order valence-electron chi connectivity index (χ4n) is 2.39. The van der Waals surface area contributed by atoms with Crippen molar-refractivity contribution in [3.63, 3.8) is 0 Å². The number of piperazine rings is 1. The Bertz CT molecular complexity index is 329. The molecular formula is C12H20N2O3. The van der Waals surface area contributed by atoms with Gasteiger partial charge in [-0.15, -0.1) is 0 Å². The van der Waals surface area contributed by atoms with E-state index in [2.05, 4.69) is 18.7 Å². The van der Waals surface area contributed by atoms with Gasteiger partial charge >= 0.3 is 5.97 Å². The Morgan fingerprint density at radius 3 is 2.00 bits per heavy atom. The zero-order chi connectivity index (χ0) is 12.6. The highest BCUT2D eigenvalue weighted by Gasteiger charge is 2.58. The molecule has 2 fully saturated rings. The molecular weight excluding hydrogens is 220 g/mol. The number of rotatable bonds is 3. The maximum atomic E-state index is 12.1. The van der Waals surface area contributed by atoms with Crippen LogP contribution in [0.4, 0.5) is 0 Å². The first-order valence-electron chi connectivity index (χ1n) is 6.24. The third-order valence-corrected chi connectivity index (χ3v) is 3.90. The molecule has 1 saturated carbocycles. The molecule has 1 aliphatic heterocycles. The van der Waals surface area contributed by atoms with Crippen molar-refractivity contribution >= 4 is 11.9 Å². The van der Waals surface area contributed by atoms with Crippen LogP contribution in [0.25, 0.3) is 0 Å². The zero-order valence-corrected chi connectivity index (χ0v) is 10.5. The summed E-state index contributed by atoms with van der Waals surface area (Å²) in [7, 11) is 0. The summed E-state index contributed by atoms with van der Waals surface area (Å²) in [5.74, 6) is -1.12. The maximum absolute atomic E-state index is 12.1. The highest BCUT2D eigenvalue weighted by atomic mass is 16.4. The third-order valence-electron chi connectivity index (χ3n) is 3.90. The van der Waals surface area contributed by atoms with Crippen LogP contribution in [0.2, 0.25) is 0 Å². The van der Waals surface area contributed by atoms with E-state index < -0.39 is 11.4 Å². The summed E-state index contributed by atoms with van der Waals surface area (Å²) in [6.45, 7) is 7.28. The molecule has 0 unspecified atom stereocenters. The predicted octanol–water partition coefficient (Wildman–Crippen LogP) is 0.404. The second-order valence-electron chi connectivity index (χ2n) is 5.31. The fourth-order valence-corrected chi connectivity index (χ4v) is 2.39. The van der Waals surface area contributed by atoms with E-state index in [4.69, 9.17) is 5.11 Å². The lowest BCUT2D eigenvalue weighted by Gasteiger charge is -2.37. The van der Waals surface area contributed by atoms with E-state index in [0.29, 0.717) is 32.0 Å². The fraction of sp³-hybridized carbons (Fsp3) is 0.833. The Balaban J connectivity index is 1.93. The molecule has 0 aromatic rings. The Kier molecular flexibility index (Phi) is 3.12. The molecule has 1 aliphatic carbocycles. The Morgan fingerprint density at radius 1 is 1.12 bits per heavy atom. The molecule has 0 atom stereocenters. The number of nitrogens with zero attached hydrogens (tertiary/aromatic N) is 2. The van der Waals surface area contributed by atoms with Crippen LogP contribution in [0.5, 0.6) is 0 Å². The van der Waals surface area contributed by atoms with Gasteiger partial charge in [0.1, 0.15) is 5.41 Å². The van der Waals surface area contributed by atoms with Gasteiger partial charge < -0.3 is 10.0 Å². The van der Waals surface area contributed by atoms with Crippen LogP contribution >= 0.6 is 0 Å². The average molecular weight is 240 g/mol. The van der Waals surface area contributed by atoms with Crippen LogP contribution in [0.3, 0.4) is 0 Å². The molecule has 1 heterocycles. The molecule has 17 heavy (non-hydrogen) atoms. The summed E-state index contributed by atoms with van der Waals surface area (Å²) in [6, 6.07) is 0.488. The number of carbonyl (C=O) groups excluding carboxylic acids is 1. The highest BCUT2D eigenvalue weighted by Crippen LogP contribution is 2.47. The monoisotopic (exact) mass is 240 g/mol. The molecule has 1 N–H and O–H groups in total. The average Bonchev–Trinajstić information content (AvgIpc) is 3.09. The SMILES string of the molecule is CC(C)N1CCN(C(=O)C2(C(=O)O)CC2)CC1. The van der Waals surface area contributed by atoms with E-state index in [-0.39, 0.29) is 5.91 Å². The van der Waals surface area contributed by atoms with Gasteiger partial charge in [-0.3, -0.25) is 14.5 Å². The molecule has 0 aromatic heterocycles. The Hall–Kier alpha value is -1.10. The largest absolute Gasteiger partial charge is 0.480 e. The van der Waals surface area contributed by atoms with Gasteiger partial charge in [0.05, 0.1) is 0 Å². The molecule has 0 bridgehead atoms. The normalized spacial score (nSPS) is 23.8. The second kappa shape index (κ2) is 4.29. The molecule has 1 saturated heterocycles. The van der Waals surface area contributed by atoms with Gasteiger partial charge in [0, 0.05) is 32.2 Å². The van der Waals surface area contributed by atoms with Crippen molar-refractivity contribution < 1.29 is 14.7 Å². The number of hydrogen-bond acceptors (Lipinski definition) is 3. The zero-order valence-electron chi connectivity index (χ0n) is 10.5. The Labute approximate surface area is 101 Å². The first kappa shape index (κ1) is 12.4. The lowest BCUT2D eigenvalue weighted by molar-refractivity contribution is -0.154. The molecule has 5 nitrogen and oxygen atoms in total. The number of carboxylic acids is 1. The van der Waals surface area contributed by atoms with Crippen molar-refractivity contribution in [1.82, 2.24) is 9.80 Å². The number of hydrogen-bond donors (Lipinski definition) is 1. The molecule has 0 aromatic carbocycles. The van der Waals surface area contributed by atoms with Gasteiger partial charge in [-0.05, 0) is 26.7 Å². The van der Waals surface area contributed by atoms with Crippen molar-refractivity contribution in [2.75, 3.05) is 26.2 Å². The van der Waals surface area contributed by atoms with Crippen molar-refractivity contribution in [3.05, 3.63) is 0 Å². The van der Waals surface area contributed by atoms with E-state index >= 15 is 0 Å². The number of aliphatic carboxylic acids is 1. The van der Waals surface area contributed by atoms with Crippen molar-refractivity contribution in [3.8, 4) is 0 Å². The standard InChI is InChI=1S/C12H20N2O3/c1-9(2)13-5-7-14(8-6-13)10(15)12(3-4-12)11(16)17/h9H,3-8H2,1-2H3,(H,16,17). The summed E-state index contributed by atoms with van der Waals surface area (Å²) in [5.41, 5.74) is -1.07. The molecule has 2 aliphatic rings. The van der Waals surface area contributed by atoms with E-state index in [1.165, 1.54) is 0 Å². The summed E-state index contributed by atoms with van der Waals surface area (Å²) in [6.07, 6.45) is 1.01. The van der Waals surface area contributed by atoms with Crippen LogP contribution in [0.15, 0.2) is 0 Å². The lowest BCUT2D eigenvalue weighted by atomic mass is 10.1. The van der Waals surface area contributed by atoms with Gasteiger partial charge in [0.15, 0.2) is 0 Å². The van der Waals surface area contributed by atoms with Crippen LogP contribution in [0, 0.1) is 5.41 Å². The number of amides is 1. The molecule has 1 amide bonds. The topological polar surface area (TPSA) is 60.9 Å². The van der Waals surface area contributed by atoms with Crippen LogP contribution in [-0.4, -0.2) is 59.0 Å². The van der Waals surface area contributed by atoms with Gasteiger partial charge in [0.25, 0.3) is 0 Å². The van der Waals surface area contributed by atoms with Gasteiger partial charge in [-0.25, -0.2) is 0 Å². The quantitative estimate of drug-likeness (QED) is 0.726. The summed E-state index contributed by atoms with van der Waals surface area (Å²) < 4.78 is 0. The van der Waals surface area contributed by atoms with Crippen LogP contribution in [0.1, 0.15) is 26.7 Å². The van der Waals surface area contributed by atoms with E-state index in [9.17, 15) is 9.59 Å². The Morgan fingerprint density at radius 2 is 1.65 bits per heavy atom. The lowest BCUT2D eigenvalue weighted by Crippen LogP contribution is -2.53. The van der Waals surface area contributed by atoms with E-state index in [1.54, 1.807) is 4.90 Å². The van der Waals surface area contributed by atoms with Gasteiger partial charge in [0.2, 0.25) is 5.91 Å². The van der Waals surface area contributed by atoms with Gasteiger partial charge in [-0.2, -0.15) is 0 Å².